The van der Waals surface area contributed by atoms with Crippen molar-refractivity contribution in [1.82, 2.24) is 5.59 Å². The van der Waals surface area contributed by atoms with Gasteiger partial charge in [-0.2, -0.15) is 0 Å². The van der Waals surface area contributed by atoms with Gasteiger partial charge in [0.15, 0.2) is 0 Å². The molecule has 0 aliphatic heterocycles. The second kappa shape index (κ2) is 5.39. The molecule has 0 unspecified atom stereocenters. The zero-order valence-corrected chi connectivity index (χ0v) is 5.87. The van der Waals surface area contributed by atoms with Crippen LogP contribution >= 0.6 is 0 Å². The summed E-state index contributed by atoms with van der Waals surface area (Å²) in [6.45, 7) is 0. The molecule has 0 aliphatic rings. The standard InChI is InChI=1S/C5H8N2O4/c1-10-4(8)2-3-5(9)11-7-6/h2-3,7H,6H2,1H3/b3-2+. The van der Waals surface area contributed by atoms with Crippen molar-refractivity contribution >= 4 is 11.9 Å². The summed E-state index contributed by atoms with van der Waals surface area (Å²) >= 11 is 0. The molecule has 0 amide bonds. The fraction of sp³-hybridized carbons (Fsp3) is 0.200. The van der Waals surface area contributed by atoms with E-state index in [0.29, 0.717) is 0 Å². The Morgan fingerprint density at radius 2 is 1.91 bits per heavy atom. The molecule has 0 rings (SSSR count). The van der Waals surface area contributed by atoms with Crippen LogP contribution in [0.5, 0.6) is 0 Å². The number of carbonyl (C=O) groups is 2. The van der Waals surface area contributed by atoms with Crippen LogP contribution in [0.2, 0.25) is 0 Å². The van der Waals surface area contributed by atoms with Crippen LogP contribution in [0, 0.1) is 0 Å². The van der Waals surface area contributed by atoms with Crippen LogP contribution in [0.1, 0.15) is 0 Å². The Hall–Kier alpha value is -1.40. The molecule has 6 nitrogen and oxygen atoms in total. The second-order valence-electron chi connectivity index (χ2n) is 1.40. The molecular weight excluding hydrogens is 152 g/mol. The Morgan fingerprint density at radius 1 is 1.36 bits per heavy atom. The summed E-state index contributed by atoms with van der Waals surface area (Å²) in [7, 11) is 1.19. The Balaban J connectivity index is 3.73. The molecule has 0 aromatic carbocycles. The van der Waals surface area contributed by atoms with Crippen LogP contribution in [-0.4, -0.2) is 19.0 Å². The summed E-state index contributed by atoms with van der Waals surface area (Å²) < 4.78 is 4.19. The summed E-state index contributed by atoms with van der Waals surface area (Å²) in [5, 5.41) is 0. The molecule has 0 spiro atoms. The van der Waals surface area contributed by atoms with Crippen LogP contribution in [-0.2, 0) is 19.2 Å². The van der Waals surface area contributed by atoms with Gasteiger partial charge in [-0.25, -0.2) is 15.4 Å². The van der Waals surface area contributed by atoms with Crippen molar-refractivity contribution in [2.45, 2.75) is 0 Å². The van der Waals surface area contributed by atoms with Crippen molar-refractivity contribution < 1.29 is 19.2 Å². The van der Waals surface area contributed by atoms with Crippen molar-refractivity contribution in [3.05, 3.63) is 12.2 Å². The third kappa shape index (κ3) is 5.07. The van der Waals surface area contributed by atoms with E-state index in [0.717, 1.165) is 12.2 Å². The Kier molecular flexibility index (Phi) is 4.70. The van der Waals surface area contributed by atoms with E-state index in [9.17, 15) is 9.59 Å². The lowest BCUT2D eigenvalue weighted by atomic mass is 10.5. The van der Waals surface area contributed by atoms with Gasteiger partial charge in [-0.1, -0.05) is 5.59 Å². The zero-order chi connectivity index (χ0) is 8.69. The van der Waals surface area contributed by atoms with Crippen molar-refractivity contribution in [3.63, 3.8) is 0 Å². The number of hydrogen-bond acceptors (Lipinski definition) is 6. The molecule has 0 fully saturated rings. The topological polar surface area (TPSA) is 90.7 Å². The first kappa shape index (κ1) is 9.60. The van der Waals surface area contributed by atoms with E-state index in [2.05, 4.69) is 15.4 Å². The first-order valence-electron chi connectivity index (χ1n) is 2.63. The third-order valence-electron chi connectivity index (χ3n) is 0.716. The van der Waals surface area contributed by atoms with E-state index in [-0.39, 0.29) is 0 Å². The van der Waals surface area contributed by atoms with Gasteiger partial charge in [0.25, 0.3) is 0 Å². The molecule has 3 N–H and O–H groups in total. The van der Waals surface area contributed by atoms with Crippen molar-refractivity contribution in [1.29, 1.82) is 0 Å². The summed E-state index contributed by atoms with van der Waals surface area (Å²) in [4.78, 5) is 24.8. The lowest BCUT2D eigenvalue weighted by molar-refractivity contribution is -0.145. The Bertz CT molecular complexity index is 177. The third-order valence-corrected chi connectivity index (χ3v) is 0.716. The lowest BCUT2D eigenvalue weighted by Gasteiger charge is -1.93. The summed E-state index contributed by atoms with van der Waals surface area (Å²) in [6, 6.07) is 0. The first-order chi connectivity index (χ1) is 5.20. The van der Waals surface area contributed by atoms with Gasteiger partial charge < -0.3 is 9.57 Å². The number of ether oxygens (including phenoxy) is 1. The summed E-state index contributed by atoms with van der Waals surface area (Å²) in [6.07, 6.45) is 1.80. The number of nitrogens with two attached hydrogens (primary N) is 1. The molecule has 0 atom stereocenters. The van der Waals surface area contributed by atoms with Gasteiger partial charge in [0.05, 0.1) is 7.11 Å². The number of rotatable bonds is 3. The monoisotopic (exact) mass is 160 g/mol. The molecule has 0 radical (unpaired) electrons. The molecular formula is C5H8N2O4. The average Bonchev–Trinajstić information content (AvgIpc) is 2.01. The van der Waals surface area contributed by atoms with Crippen LogP contribution < -0.4 is 11.4 Å². The van der Waals surface area contributed by atoms with E-state index in [1.165, 1.54) is 7.11 Å². The number of methoxy groups -OCH3 is 1. The highest BCUT2D eigenvalue weighted by Crippen LogP contribution is 1.79. The number of hydrogen-bond donors (Lipinski definition) is 2. The maximum absolute atomic E-state index is 10.4. The molecule has 0 bridgehead atoms. The van der Waals surface area contributed by atoms with Crippen molar-refractivity contribution in [2.24, 2.45) is 5.84 Å². The van der Waals surface area contributed by atoms with Crippen LogP contribution in [0.4, 0.5) is 0 Å². The van der Waals surface area contributed by atoms with E-state index in [1.807, 2.05) is 0 Å². The average molecular weight is 160 g/mol. The molecule has 6 heteroatoms. The minimum absolute atomic E-state index is 0.640. The number of esters is 1. The van der Waals surface area contributed by atoms with E-state index < -0.39 is 11.9 Å². The molecule has 0 aromatic heterocycles. The quantitative estimate of drug-likeness (QED) is 0.229. The highest BCUT2D eigenvalue weighted by molar-refractivity contribution is 5.91. The first-order valence-corrected chi connectivity index (χ1v) is 2.63. The van der Waals surface area contributed by atoms with Gasteiger partial charge in [0.2, 0.25) is 0 Å². The maximum Gasteiger partial charge on any atom is 0.350 e. The number of nitrogens with one attached hydrogen (secondary N) is 1. The fourth-order valence-corrected chi connectivity index (χ4v) is 0.296. The van der Waals surface area contributed by atoms with Crippen LogP contribution in [0.15, 0.2) is 12.2 Å². The molecule has 0 aromatic rings. The number of hydrazine groups is 1. The number of carbonyl (C=O) groups excluding carboxylic acids is 2. The van der Waals surface area contributed by atoms with E-state index >= 15 is 0 Å². The van der Waals surface area contributed by atoms with E-state index in [1.54, 1.807) is 5.59 Å². The lowest BCUT2D eigenvalue weighted by Crippen LogP contribution is -2.25. The molecule has 62 valence electrons. The van der Waals surface area contributed by atoms with Crippen molar-refractivity contribution in [3.8, 4) is 0 Å². The minimum Gasteiger partial charge on any atom is -0.466 e. The predicted molar refractivity (Wildman–Crippen MR) is 34.6 cm³/mol. The van der Waals surface area contributed by atoms with Gasteiger partial charge in [0, 0.05) is 12.2 Å². The predicted octanol–water partition coefficient (Wildman–Crippen LogP) is -1.36. The largest absolute Gasteiger partial charge is 0.466 e. The zero-order valence-electron chi connectivity index (χ0n) is 5.87. The minimum atomic E-state index is -0.780. The summed E-state index contributed by atoms with van der Waals surface area (Å²) in [5.41, 5.74) is 1.66. The van der Waals surface area contributed by atoms with E-state index in [4.69, 9.17) is 0 Å². The normalized spacial score (nSPS) is 9.64. The van der Waals surface area contributed by atoms with Gasteiger partial charge in [-0.05, 0) is 0 Å². The smallest absolute Gasteiger partial charge is 0.350 e. The second-order valence-corrected chi connectivity index (χ2v) is 1.40. The van der Waals surface area contributed by atoms with Gasteiger partial charge >= 0.3 is 11.9 Å². The maximum atomic E-state index is 10.4. The molecule has 11 heavy (non-hydrogen) atoms. The Morgan fingerprint density at radius 3 is 2.36 bits per heavy atom. The molecule has 0 saturated heterocycles. The van der Waals surface area contributed by atoms with Crippen LogP contribution in [0.3, 0.4) is 0 Å². The highest BCUT2D eigenvalue weighted by Gasteiger charge is 1.96. The summed E-state index contributed by atoms with van der Waals surface area (Å²) in [5.74, 6) is 3.21. The van der Waals surface area contributed by atoms with Gasteiger partial charge in [-0.3, -0.25) is 0 Å². The SMILES string of the molecule is COC(=O)/C=C/C(=O)ONN. The highest BCUT2D eigenvalue weighted by atomic mass is 16.7. The Labute approximate surface area is 62.9 Å². The molecule has 0 saturated carbocycles. The van der Waals surface area contributed by atoms with Gasteiger partial charge in [-0.15, -0.1) is 0 Å². The van der Waals surface area contributed by atoms with Crippen molar-refractivity contribution in [2.75, 3.05) is 7.11 Å². The molecule has 0 aliphatic carbocycles. The van der Waals surface area contributed by atoms with Gasteiger partial charge in [0.1, 0.15) is 0 Å². The fourth-order valence-electron chi connectivity index (χ4n) is 0.296. The van der Waals surface area contributed by atoms with Crippen LogP contribution in [0.25, 0.3) is 0 Å². The molecule has 0 heterocycles.